The molecule has 0 fully saturated rings. The van der Waals surface area contributed by atoms with Gasteiger partial charge in [-0.3, -0.25) is 10.1 Å². The second kappa shape index (κ2) is 6.30. The van der Waals surface area contributed by atoms with E-state index in [-0.39, 0.29) is 27.2 Å². The molecule has 1 atom stereocenters. The van der Waals surface area contributed by atoms with Gasteiger partial charge in [0.1, 0.15) is 5.75 Å². The second-order valence-electron chi connectivity index (χ2n) is 4.34. The highest BCUT2D eigenvalue weighted by atomic mass is 35.5. The van der Waals surface area contributed by atoms with Gasteiger partial charge in [-0.05, 0) is 36.8 Å². The van der Waals surface area contributed by atoms with E-state index in [1.54, 1.807) is 25.1 Å². The Balaban J connectivity index is 2.37. The first-order chi connectivity index (χ1) is 9.88. The molecule has 0 radical (unpaired) electrons. The first-order valence-electron chi connectivity index (χ1n) is 5.98. The van der Waals surface area contributed by atoms with E-state index >= 15 is 0 Å². The van der Waals surface area contributed by atoms with E-state index in [2.05, 4.69) is 0 Å². The molecule has 2 rings (SSSR count). The van der Waals surface area contributed by atoms with Crippen molar-refractivity contribution in [3.63, 3.8) is 0 Å². The molecule has 21 heavy (non-hydrogen) atoms. The number of ether oxygens (including phenoxy) is 1. The van der Waals surface area contributed by atoms with Crippen molar-refractivity contribution in [1.82, 2.24) is 0 Å². The molecular formula is C14H11Cl2NO4. The largest absolute Gasteiger partial charge is 0.449 e. The average Bonchev–Trinajstić information content (AvgIpc) is 2.42. The Hall–Kier alpha value is -1.82. The van der Waals surface area contributed by atoms with Crippen LogP contribution < -0.4 is 4.74 Å². The first kappa shape index (κ1) is 15.6. The Kier molecular flexibility index (Phi) is 4.67. The molecule has 2 aromatic rings. The fourth-order valence-electron chi connectivity index (χ4n) is 1.70. The Morgan fingerprint density at radius 3 is 2.43 bits per heavy atom. The minimum Gasteiger partial charge on any atom is -0.449 e. The Bertz CT molecular complexity index is 689. The van der Waals surface area contributed by atoms with Crippen molar-refractivity contribution in [3.8, 4) is 11.5 Å². The molecule has 7 heteroatoms. The first-order valence-corrected chi connectivity index (χ1v) is 6.73. The summed E-state index contributed by atoms with van der Waals surface area (Å²) >= 11 is 11.8. The molecule has 5 nitrogen and oxygen atoms in total. The molecule has 0 saturated carbocycles. The maximum Gasteiger partial charge on any atom is 0.313 e. The van der Waals surface area contributed by atoms with Crippen LogP contribution in [0.5, 0.6) is 11.5 Å². The Morgan fingerprint density at radius 1 is 1.19 bits per heavy atom. The van der Waals surface area contributed by atoms with E-state index in [0.717, 1.165) is 0 Å². The smallest absolute Gasteiger partial charge is 0.313 e. The molecule has 2 aromatic carbocycles. The number of rotatable bonds is 4. The normalized spacial score (nSPS) is 12.0. The number of nitro benzene ring substituents is 1. The van der Waals surface area contributed by atoms with E-state index in [0.29, 0.717) is 5.56 Å². The molecule has 1 N–H and O–H groups in total. The molecule has 0 saturated heterocycles. The third-order valence-corrected chi connectivity index (χ3v) is 3.31. The molecular weight excluding hydrogens is 317 g/mol. The fraction of sp³-hybridized carbons (Fsp3) is 0.143. The number of nitrogens with zero attached hydrogens (tertiary/aromatic N) is 1. The lowest BCUT2D eigenvalue weighted by atomic mass is 10.1. The maximum absolute atomic E-state index is 11.0. The SMILES string of the molecule is CC(O)c1ccc(Oc2ccc(Cl)cc2[N+](=O)[O-])c(Cl)c1. The summed E-state index contributed by atoms with van der Waals surface area (Å²) in [6.45, 7) is 1.61. The summed E-state index contributed by atoms with van der Waals surface area (Å²) in [5, 5.41) is 21.0. The summed E-state index contributed by atoms with van der Waals surface area (Å²) in [5.74, 6) is 0.294. The van der Waals surface area contributed by atoms with Gasteiger partial charge in [0.05, 0.1) is 16.0 Å². The molecule has 0 spiro atoms. The molecule has 0 aliphatic rings. The van der Waals surface area contributed by atoms with Gasteiger partial charge in [0.25, 0.3) is 0 Å². The Morgan fingerprint density at radius 2 is 1.86 bits per heavy atom. The lowest BCUT2D eigenvalue weighted by Crippen LogP contribution is -1.95. The van der Waals surface area contributed by atoms with E-state index in [4.69, 9.17) is 27.9 Å². The van der Waals surface area contributed by atoms with Crippen LogP contribution in [0.15, 0.2) is 36.4 Å². The second-order valence-corrected chi connectivity index (χ2v) is 5.18. The molecule has 0 aromatic heterocycles. The summed E-state index contributed by atoms with van der Waals surface area (Å²) in [7, 11) is 0. The van der Waals surface area contributed by atoms with Crippen LogP contribution in [-0.4, -0.2) is 10.0 Å². The van der Waals surface area contributed by atoms with Crippen LogP contribution in [-0.2, 0) is 0 Å². The molecule has 110 valence electrons. The summed E-state index contributed by atoms with van der Waals surface area (Å²) in [5.41, 5.74) is 0.371. The zero-order valence-electron chi connectivity index (χ0n) is 10.9. The third kappa shape index (κ3) is 3.64. The van der Waals surface area contributed by atoms with Crippen LogP contribution >= 0.6 is 23.2 Å². The van der Waals surface area contributed by atoms with Crippen molar-refractivity contribution in [2.24, 2.45) is 0 Å². The van der Waals surface area contributed by atoms with Gasteiger partial charge in [0.15, 0.2) is 0 Å². The highest BCUT2D eigenvalue weighted by Gasteiger charge is 2.17. The molecule has 0 amide bonds. The molecule has 0 heterocycles. The van der Waals surface area contributed by atoms with Gasteiger partial charge in [0.2, 0.25) is 5.75 Å². The monoisotopic (exact) mass is 327 g/mol. The van der Waals surface area contributed by atoms with Crippen LogP contribution in [0.25, 0.3) is 0 Å². The number of halogens is 2. The van der Waals surface area contributed by atoms with Crippen LogP contribution in [0.3, 0.4) is 0 Å². The number of hydrogen-bond donors (Lipinski definition) is 1. The number of hydrogen-bond acceptors (Lipinski definition) is 4. The van der Waals surface area contributed by atoms with Gasteiger partial charge >= 0.3 is 5.69 Å². The fourth-order valence-corrected chi connectivity index (χ4v) is 2.09. The molecule has 1 unspecified atom stereocenters. The summed E-state index contributed by atoms with van der Waals surface area (Å²) in [6, 6.07) is 8.82. The average molecular weight is 328 g/mol. The Labute approximate surface area is 130 Å². The molecule has 0 aliphatic carbocycles. The summed E-state index contributed by atoms with van der Waals surface area (Å²) in [6.07, 6.45) is -0.665. The van der Waals surface area contributed by atoms with Gasteiger partial charge in [-0.25, -0.2) is 0 Å². The van der Waals surface area contributed by atoms with Gasteiger partial charge in [0, 0.05) is 11.1 Å². The number of nitro groups is 1. The van der Waals surface area contributed by atoms with E-state index < -0.39 is 11.0 Å². The highest BCUT2D eigenvalue weighted by molar-refractivity contribution is 6.32. The lowest BCUT2D eigenvalue weighted by Gasteiger charge is -2.11. The van der Waals surface area contributed by atoms with E-state index in [1.165, 1.54) is 18.2 Å². The van der Waals surface area contributed by atoms with Crippen molar-refractivity contribution in [2.75, 3.05) is 0 Å². The van der Waals surface area contributed by atoms with E-state index in [1.807, 2.05) is 0 Å². The van der Waals surface area contributed by atoms with Crippen molar-refractivity contribution < 1.29 is 14.8 Å². The van der Waals surface area contributed by atoms with Crippen LogP contribution in [0.2, 0.25) is 10.0 Å². The topological polar surface area (TPSA) is 72.6 Å². The quantitative estimate of drug-likeness (QED) is 0.649. The van der Waals surface area contributed by atoms with Crippen molar-refractivity contribution in [1.29, 1.82) is 0 Å². The van der Waals surface area contributed by atoms with Crippen molar-refractivity contribution in [3.05, 3.63) is 62.1 Å². The van der Waals surface area contributed by atoms with Crippen molar-refractivity contribution >= 4 is 28.9 Å². The third-order valence-electron chi connectivity index (χ3n) is 2.78. The van der Waals surface area contributed by atoms with Crippen LogP contribution in [0, 0.1) is 10.1 Å². The van der Waals surface area contributed by atoms with Crippen LogP contribution in [0.4, 0.5) is 5.69 Å². The predicted molar refractivity (Wildman–Crippen MR) is 80.3 cm³/mol. The van der Waals surface area contributed by atoms with Gasteiger partial charge in [-0.1, -0.05) is 29.3 Å². The highest BCUT2D eigenvalue weighted by Crippen LogP contribution is 2.37. The molecule has 0 aliphatic heterocycles. The molecule has 0 bridgehead atoms. The van der Waals surface area contributed by atoms with Gasteiger partial charge in [-0.15, -0.1) is 0 Å². The standard InChI is InChI=1S/C14H11Cl2NO4/c1-8(18)9-2-4-13(11(16)6-9)21-14-5-3-10(15)7-12(14)17(19)20/h2-8,18H,1H3. The van der Waals surface area contributed by atoms with Crippen LogP contribution in [0.1, 0.15) is 18.6 Å². The number of benzene rings is 2. The minimum absolute atomic E-state index is 0.0381. The zero-order chi connectivity index (χ0) is 15.6. The zero-order valence-corrected chi connectivity index (χ0v) is 12.4. The number of aliphatic hydroxyl groups excluding tert-OH is 1. The van der Waals surface area contributed by atoms with Gasteiger partial charge in [-0.2, -0.15) is 0 Å². The van der Waals surface area contributed by atoms with E-state index in [9.17, 15) is 15.2 Å². The predicted octanol–water partition coefficient (Wildman–Crippen LogP) is 4.75. The number of aliphatic hydroxyl groups is 1. The van der Waals surface area contributed by atoms with Gasteiger partial charge < -0.3 is 9.84 Å². The maximum atomic E-state index is 11.0. The minimum atomic E-state index is -0.665. The lowest BCUT2D eigenvalue weighted by molar-refractivity contribution is -0.385. The summed E-state index contributed by atoms with van der Waals surface area (Å²) in [4.78, 5) is 10.4. The van der Waals surface area contributed by atoms with Crippen molar-refractivity contribution in [2.45, 2.75) is 13.0 Å². The summed E-state index contributed by atoms with van der Waals surface area (Å²) < 4.78 is 5.48.